The third kappa shape index (κ3) is 3.47. The third-order valence-corrected chi connectivity index (χ3v) is 3.28. The molecule has 1 aliphatic heterocycles. The summed E-state index contributed by atoms with van der Waals surface area (Å²) in [6, 6.07) is 8.41. The minimum absolute atomic E-state index is 0.0792. The largest absolute Gasteiger partial charge is 0.420 e. The first kappa shape index (κ1) is 16.1. The van der Waals surface area contributed by atoms with Gasteiger partial charge in [-0.2, -0.15) is 0 Å². The Morgan fingerprint density at radius 3 is 2.41 bits per heavy atom. The standard InChI is InChI=1S/C17H23N3O2/c1-6-20-16(21)15(22-17(20)18-12(2)3)11-13-7-9-14(10-8-13)19(4)5/h7-12H,6H2,1-5H3/b15-11+,18-17?. The molecule has 0 saturated carbocycles. The van der Waals surface area contributed by atoms with Gasteiger partial charge in [-0.1, -0.05) is 12.1 Å². The lowest BCUT2D eigenvalue weighted by Gasteiger charge is -2.11. The number of benzene rings is 1. The summed E-state index contributed by atoms with van der Waals surface area (Å²) in [5.74, 6) is 0.178. The van der Waals surface area contributed by atoms with Crippen LogP contribution in [-0.4, -0.2) is 43.5 Å². The highest BCUT2D eigenvalue weighted by Crippen LogP contribution is 2.21. The molecule has 1 fully saturated rings. The highest BCUT2D eigenvalue weighted by molar-refractivity contribution is 6.11. The molecule has 0 unspecified atom stereocenters. The minimum atomic E-state index is -0.140. The first-order valence-corrected chi connectivity index (χ1v) is 7.49. The molecule has 1 aromatic carbocycles. The molecule has 0 radical (unpaired) electrons. The molecule has 5 heteroatoms. The lowest BCUT2D eigenvalue weighted by molar-refractivity contribution is -0.122. The van der Waals surface area contributed by atoms with E-state index in [0.717, 1.165) is 11.3 Å². The van der Waals surface area contributed by atoms with Crippen molar-refractivity contribution >= 4 is 23.7 Å². The van der Waals surface area contributed by atoms with E-state index in [1.807, 2.05) is 64.0 Å². The van der Waals surface area contributed by atoms with Crippen LogP contribution in [0.2, 0.25) is 0 Å². The summed E-state index contributed by atoms with van der Waals surface area (Å²) in [7, 11) is 3.98. The van der Waals surface area contributed by atoms with E-state index in [0.29, 0.717) is 18.3 Å². The summed E-state index contributed by atoms with van der Waals surface area (Å²) < 4.78 is 5.65. The molecule has 1 saturated heterocycles. The summed E-state index contributed by atoms with van der Waals surface area (Å²) in [4.78, 5) is 20.3. The molecule has 1 heterocycles. The van der Waals surface area contributed by atoms with Gasteiger partial charge in [-0.3, -0.25) is 9.69 Å². The summed E-state index contributed by atoms with van der Waals surface area (Å²) in [5, 5.41) is 0. The maximum absolute atomic E-state index is 12.4. The zero-order valence-corrected chi connectivity index (χ0v) is 13.8. The van der Waals surface area contributed by atoms with E-state index < -0.39 is 0 Å². The summed E-state index contributed by atoms with van der Waals surface area (Å²) >= 11 is 0. The zero-order chi connectivity index (χ0) is 16.3. The Bertz CT molecular complexity index is 601. The van der Waals surface area contributed by atoms with Gasteiger partial charge >= 0.3 is 6.02 Å². The van der Waals surface area contributed by atoms with Gasteiger partial charge in [0.2, 0.25) is 0 Å². The molecule has 1 aliphatic rings. The van der Waals surface area contributed by atoms with Crippen LogP contribution >= 0.6 is 0 Å². The summed E-state index contributed by atoms with van der Waals surface area (Å²) in [6.45, 7) is 6.36. The van der Waals surface area contributed by atoms with Crippen molar-refractivity contribution in [3.63, 3.8) is 0 Å². The predicted octanol–water partition coefficient (Wildman–Crippen LogP) is 2.74. The van der Waals surface area contributed by atoms with Crippen LogP contribution in [0.25, 0.3) is 6.08 Å². The van der Waals surface area contributed by atoms with Crippen LogP contribution < -0.4 is 4.90 Å². The number of carbonyl (C=O) groups is 1. The normalized spacial score (nSPS) is 18.5. The number of amidine groups is 1. The van der Waals surface area contributed by atoms with Crippen LogP contribution in [-0.2, 0) is 9.53 Å². The smallest absolute Gasteiger partial charge is 0.300 e. The Kier molecular flexibility index (Phi) is 4.85. The van der Waals surface area contributed by atoms with Gasteiger partial charge in [0, 0.05) is 32.4 Å². The Morgan fingerprint density at radius 1 is 1.27 bits per heavy atom. The molecule has 5 nitrogen and oxygen atoms in total. The summed E-state index contributed by atoms with van der Waals surface area (Å²) in [5.41, 5.74) is 2.04. The molecule has 1 amide bonds. The Morgan fingerprint density at radius 2 is 1.91 bits per heavy atom. The van der Waals surface area contributed by atoms with Gasteiger partial charge in [0.15, 0.2) is 5.76 Å². The highest BCUT2D eigenvalue weighted by atomic mass is 16.5. The fourth-order valence-electron chi connectivity index (χ4n) is 2.12. The number of carbonyl (C=O) groups excluding carboxylic acids is 1. The molecule has 0 aromatic heterocycles. The number of anilines is 1. The van der Waals surface area contributed by atoms with Crippen LogP contribution in [0, 0.1) is 0 Å². The van der Waals surface area contributed by atoms with E-state index in [2.05, 4.69) is 4.99 Å². The molecule has 22 heavy (non-hydrogen) atoms. The number of hydrogen-bond donors (Lipinski definition) is 0. The summed E-state index contributed by atoms with van der Waals surface area (Å²) in [6.07, 6.45) is 1.76. The quantitative estimate of drug-likeness (QED) is 0.803. The maximum Gasteiger partial charge on any atom is 0.300 e. The number of nitrogens with zero attached hydrogens (tertiary/aromatic N) is 3. The van der Waals surface area contributed by atoms with Crippen molar-refractivity contribution in [3.05, 3.63) is 35.6 Å². The van der Waals surface area contributed by atoms with Crippen LogP contribution in [0.1, 0.15) is 26.3 Å². The van der Waals surface area contributed by atoms with E-state index >= 15 is 0 Å². The van der Waals surface area contributed by atoms with Crippen LogP contribution in [0.5, 0.6) is 0 Å². The van der Waals surface area contributed by atoms with Gasteiger partial charge in [-0.15, -0.1) is 0 Å². The third-order valence-electron chi connectivity index (χ3n) is 3.28. The molecule has 0 N–H and O–H groups in total. The van der Waals surface area contributed by atoms with E-state index in [4.69, 9.17) is 4.74 Å². The monoisotopic (exact) mass is 301 g/mol. The van der Waals surface area contributed by atoms with Crippen molar-refractivity contribution in [2.75, 3.05) is 25.5 Å². The Labute approximate surface area is 131 Å². The average Bonchev–Trinajstić information content (AvgIpc) is 2.74. The number of rotatable bonds is 4. The second-order valence-corrected chi connectivity index (χ2v) is 5.65. The van der Waals surface area contributed by atoms with Gasteiger partial charge in [-0.25, -0.2) is 4.99 Å². The van der Waals surface area contributed by atoms with Crippen molar-refractivity contribution in [2.24, 2.45) is 4.99 Å². The van der Waals surface area contributed by atoms with Gasteiger partial charge in [0.1, 0.15) is 0 Å². The zero-order valence-electron chi connectivity index (χ0n) is 13.8. The van der Waals surface area contributed by atoms with E-state index in [1.165, 1.54) is 0 Å². The molecule has 0 bridgehead atoms. The van der Waals surface area contributed by atoms with Crippen molar-refractivity contribution in [1.29, 1.82) is 0 Å². The van der Waals surface area contributed by atoms with Crippen molar-refractivity contribution < 1.29 is 9.53 Å². The van der Waals surface area contributed by atoms with E-state index in [1.54, 1.807) is 11.0 Å². The molecule has 118 valence electrons. The predicted molar refractivity (Wildman–Crippen MR) is 89.8 cm³/mol. The second kappa shape index (κ2) is 6.64. The first-order chi connectivity index (χ1) is 10.4. The number of amides is 1. The molecular weight excluding hydrogens is 278 g/mol. The van der Waals surface area contributed by atoms with Crippen molar-refractivity contribution in [3.8, 4) is 0 Å². The number of hydrogen-bond acceptors (Lipinski definition) is 4. The maximum atomic E-state index is 12.4. The molecule has 1 aromatic rings. The lowest BCUT2D eigenvalue weighted by atomic mass is 10.1. The van der Waals surface area contributed by atoms with E-state index in [-0.39, 0.29) is 11.9 Å². The Hall–Kier alpha value is -2.30. The fourth-order valence-corrected chi connectivity index (χ4v) is 2.12. The number of likely N-dealkylation sites (N-methyl/N-ethyl adjacent to an activating group) is 1. The fraction of sp³-hybridized carbons (Fsp3) is 0.412. The van der Waals surface area contributed by atoms with Crippen LogP contribution in [0.15, 0.2) is 35.0 Å². The first-order valence-electron chi connectivity index (χ1n) is 7.49. The van der Waals surface area contributed by atoms with Crippen molar-refractivity contribution in [1.82, 2.24) is 4.90 Å². The van der Waals surface area contributed by atoms with E-state index in [9.17, 15) is 4.79 Å². The van der Waals surface area contributed by atoms with Crippen molar-refractivity contribution in [2.45, 2.75) is 26.8 Å². The van der Waals surface area contributed by atoms with Gasteiger partial charge in [0.25, 0.3) is 5.91 Å². The Balaban J connectivity index is 2.26. The molecule has 0 atom stereocenters. The van der Waals surface area contributed by atoms with Crippen LogP contribution in [0.4, 0.5) is 5.69 Å². The van der Waals surface area contributed by atoms with Gasteiger partial charge < -0.3 is 9.64 Å². The number of ether oxygens (including phenoxy) is 1. The molecule has 2 rings (SSSR count). The SMILES string of the molecule is CCN1C(=O)/C(=C\c2ccc(N(C)C)cc2)OC1=NC(C)C. The molecular formula is C17H23N3O2. The second-order valence-electron chi connectivity index (χ2n) is 5.65. The highest BCUT2D eigenvalue weighted by Gasteiger charge is 2.33. The average molecular weight is 301 g/mol. The van der Waals surface area contributed by atoms with Gasteiger partial charge in [0.05, 0.1) is 0 Å². The molecule has 0 aliphatic carbocycles. The van der Waals surface area contributed by atoms with Gasteiger partial charge in [-0.05, 0) is 44.5 Å². The lowest BCUT2D eigenvalue weighted by Crippen LogP contribution is -2.30. The van der Waals surface area contributed by atoms with Crippen LogP contribution in [0.3, 0.4) is 0 Å². The number of aliphatic imine (C=N–C) groups is 1. The molecule has 0 spiro atoms. The minimum Gasteiger partial charge on any atom is -0.420 e. The topological polar surface area (TPSA) is 45.1 Å².